The predicted molar refractivity (Wildman–Crippen MR) is 55.3 cm³/mol. The minimum absolute atomic E-state index is 0.141. The van der Waals surface area contributed by atoms with E-state index in [1.807, 2.05) is 12.1 Å². The molecule has 0 aromatic carbocycles. The normalized spacial score (nSPS) is 10.1. The van der Waals surface area contributed by atoms with Gasteiger partial charge in [0.25, 0.3) is 0 Å². The van der Waals surface area contributed by atoms with Gasteiger partial charge in [-0.15, -0.1) is 0 Å². The molecular formula is C9H5Cl2N3. The highest BCUT2D eigenvalue weighted by molar-refractivity contribution is 6.33. The molecule has 0 unspecified atom stereocenters. The van der Waals surface area contributed by atoms with Crippen molar-refractivity contribution in [2.24, 2.45) is 0 Å². The summed E-state index contributed by atoms with van der Waals surface area (Å²) >= 11 is 11.5. The maximum absolute atomic E-state index is 5.90. The third-order valence-electron chi connectivity index (χ3n) is 1.69. The smallest absolute Gasteiger partial charge is 0.223 e. The van der Waals surface area contributed by atoms with E-state index >= 15 is 0 Å². The molecule has 0 aliphatic heterocycles. The second-order valence-electron chi connectivity index (χ2n) is 2.59. The minimum atomic E-state index is 0.141. The zero-order valence-electron chi connectivity index (χ0n) is 6.98. The summed E-state index contributed by atoms with van der Waals surface area (Å²) in [5.41, 5.74) is 1.60. The minimum Gasteiger partial charge on any atom is -0.264 e. The first-order valence-electron chi connectivity index (χ1n) is 3.86. The van der Waals surface area contributed by atoms with Gasteiger partial charge in [0, 0.05) is 29.7 Å². The summed E-state index contributed by atoms with van der Waals surface area (Å²) in [6, 6.07) is 3.70. The number of hydrogen-bond donors (Lipinski definition) is 0. The largest absolute Gasteiger partial charge is 0.264 e. The highest BCUT2D eigenvalue weighted by atomic mass is 35.5. The molecule has 2 aromatic heterocycles. The average Bonchev–Trinajstić information content (AvgIpc) is 2.19. The van der Waals surface area contributed by atoms with Gasteiger partial charge < -0.3 is 0 Å². The molecular weight excluding hydrogens is 221 g/mol. The van der Waals surface area contributed by atoms with Gasteiger partial charge in [-0.2, -0.15) is 0 Å². The van der Waals surface area contributed by atoms with Crippen molar-refractivity contribution >= 4 is 23.2 Å². The van der Waals surface area contributed by atoms with Gasteiger partial charge in [0.15, 0.2) is 0 Å². The Morgan fingerprint density at radius 1 is 1.14 bits per heavy atom. The lowest BCUT2D eigenvalue weighted by atomic mass is 10.2. The summed E-state index contributed by atoms with van der Waals surface area (Å²) in [6.45, 7) is 0. The Hall–Kier alpha value is -1.19. The second-order valence-corrected chi connectivity index (χ2v) is 3.28. The Bertz CT molecular complexity index is 445. The topological polar surface area (TPSA) is 38.7 Å². The third kappa shape index (κ3) is 1.84. The van der Waals surface area contributed by atoms with Gasteiger partial charge in [0.2, 0.25) is 5.28 Å². The van der Waals surface area contributed by atoms with Crippen LogP contribution in [-0.4, -0.2) is 15.0 Å². The molecule has 14 heavy (non-hydrogen) atoms. The highest BCUT2D eigenvalue weighted by Crippen LogP contribution is 2.25. The first-order valence-corrected chi connectivity index (χ1v) is 4.61. The van der Waals surface area contributed by atoms with Crippen LogP contribution in [0.2, 0.25) is 10.4 Å². The number of halogens is 2. The fourth-order valence-corrected chi connectivity index (χ4v) is 1.47. The summed E-state index contributed by atoms with van der Waals surface area (Å²) < 4.78 is 0. The summed E-state index contributed by atoms with van der Waals surface area (Å²) in [6.07, 6.45) is 4.96. The van der Waals surface area contributed by atoms with E-state index in [4.69, 9.17) is 23.2 Å². The molecule has 0 aliphatic rings. The zero-order valence-corrected chi connectivity index (χ0v) is 8.50. The van der Waals surface area contributed by atoms with Crippen LogP contribution in [0.25, 0.3) is 11.1 Å². The van der Waals surface area contributed by atoms with E-state index in [1.165, 1.54) is 0 Å². The van der Waals surface area contributed by atoms with Crippen LogP contribution in [0.1, 0.15) is 0 Å². The summed E-state index contributed by atoms with van der Waals surface area (Å²) in [4.78, 5) is 11.7. The van der Waals surface area contributed by atoms with E-state index in [0.29, 0.717) is 5.15 Å². The standard InChI is InChI=1S/C9H5Cl2N3/c10-8-7(5-13-9(11)14-8)6-2-1-3-12-4-6/h1-5H. The fraction of sp³-hybridized carbons (Fsp3) is 0. The average molecular weight is 226 g/mol. The molecule has 0 saturated heterocycles. The summed E-state index contributed by atoms with van der Waals surface area (Å²) in [7, 11) is 0. The molecule has 0 atom stereocenters. The summed E-state index contributed by atoms with van der Waals surface area (Å²) in [5, 5.41) is 0.473. The number of hydrogen-bond acceptors (Lipinski definition) is 3. The van der Waals surface area contributed by atoms with Crippen LogP contribution in [0.4, 0.5) is 0 Å². The molecule has 0 bridgehead atoms. The SMILES string of the molecule is Clc1ncc(-c2cccnc2)c(Cl)n1. The van der Waals surface area contributed by atoms with Crippen molar-refractivity contribution in [2.75, 3.05) is 0 Å². The molecule has 2 aromatic rings. The van der Waals surface area contributed by atoms with Gasteiger partial charge in [-0.25, -0.2) is 9.97 Å². The first kappa shape index (κ1) is 9.37. The number of nitrogens with zero attached hydrogens (tertiary/aromatic N) is 3. The molecule has 0 N–H and O–H groups in total. The van der Waals surface area contributed by atoms with Crippen LogP contribution in [0.3, 0.4) is 0 Å². The van der Waals surface area contributed by atoms with Crippen LogP contribution in [0.15, 0.2) is 30.7 Å². The predicted octanol–water partition coefficient (Wildman–Crippen LogP) is 2.85. The maximum Gasteiger partial charge on any atom is 0.223 e. The van der Waals surface area contributed by atoms with Crippen molar-refractivity contribution < 1.29 is 0 Å². The molecule has 0 amide bonds. The van der Waals surface area contributed by atoms with Gasteiger partial charge in [-0.1, -0.05) is 17.7 Å². The van der Waals surface area contributed by atoms with Crippen molar-refractivity contribution in [3.05, 3.63) is 41.2 Å². The molecule has 3 nitrogen and oxygen atoms in total. The Labute approximate surface area is 90.8 Å². The molecule has 0 aliphatic carbocycles. The third-order valence-corrected chi connectivity index (χ3v) is 2.16. The Morgan fingerprint density at radius 3 is 2.64 bits per heavy atom. The van der Waals surface area contributed by atoms with Crippen LogP contribution < -0.4 is 0 Å². The van der Waals surface area contributed by atoms with Crippen LogP contribution in [-0.2, 0) is 0 Å². The first-order chi connectivity index (χ1) is 6.77. The molecule has 2 rings (SSSR count). The molecule has 0 spiro atoms. The monoisotopic (exact) mass is 225 g/mol. The van der Waals surface area contributed by atoms with Crippen molar-refractivity contribution in [1.82, 2.24) is 15.0 Å². The van der Waals surface area contributed by atoms with E-state index in [9.17, 15) is 0 Å². The molecule has 0 saturated carbocycles. The quantitative estimate of drug-likeness (QED) is 0.554. The Kier molecular flexibility index (Phi) is 2.61. The van der Waals surface area contributed by atoms with Crippen molar-refractivity contribution in [3.63, 3.8) is 0 Å². The van der Waals surface area contributed by atoms with Crippen molar-refractivity contribution in [1.29, 1.82) is 0 Å². The van der Waals surface area contributed by atoms with Gasteiger partial charge in [-0.05, 0) is 17.7 Å². The van der Waals surface area contributed by atoms with Gasteiger partial charge in [-0.3, -0.25) is 4.98 Å². The van der Waals surface area contributed by atoms with E-state index in [1.54, 1.807) is 18.6 Å². The zero-order chi connectivity index (χ0) is 9.97. The van der Waals surface area contributed by atoms with Crippen molar-refractivity contribution in [3.8, 4) is 11.1 Å². The molecule has 70 valence electrons. The maximum atomic E-state index is 5.90. The van der Waals surface area contributed by atoms with Crippen LogP contribution in [0, 0.1) is 0 Å². The summed E-state index contributed by atoms with van der Waals surface area (Å²) in [5.74, 6) is 0. The van der Waals surface area contributed by atoms with Gasteiger partial charge in [0.1, 0.15) is 5.15 Å². The number of rotatable bonds is 1. The molecule has 2 heterocycles. The highest BCUT2D eigenvalue weighted by Gasteiger charge is 2.05. The Morgan fingerprint density at radius 2 is 2.00 bits per heavy atom. The lowest BCUT2D eigenvalue weighted by Gasteiger charge is -2.01. The van der Waals surface area contributed by atoms with E-state index < -0.39 is 0 Å². The fourth-order valence-electron chi connectivity index (χ4n) is 1.06. The van der Waals surface area contributed by atoms with E-state index in [2.05, 4.69) is 15.0 Å². The lowest BCUT2D eigenvalue weighted by molar-refractivity contribution is 1.17. The molecule has 5 heteroatoms. The van der Waals surface area contributed by atoms with E-state index in [-0.39, 0.29) is 5.28 Å². The van der Waals surface area contributed by atoms with Crippen LogP contribution >= 0.6 is 23.2 Å². The molecule has 0 radical (unpaired) electrons. The number of aromatic nitrogens is 3. The second kappa shape index (κ2) is 3.90. The van der Waals surface area contributed by atoms with Crippen molar-refractivity contribution in [2.45, 2.75) is 0 Å². The lowest BCUT2D eigenvalue weighted by Crippen LogP contribution is -1.87. The Balaban J connectivity index is 2.53. The van der Waals surface area contributed by atoms with Gasteiger partial charge >= 0.3 is 0 Å². The van der Waals surface area contributed by atoms with Gasteiger partial charge in [0.05, 0.1) is 0 Å². The molecule has 0 fully saturated rings. The van der Waals surface area contributed by atoms with Crippen LogP contribution in [0.5, 0.6) is 0 Å². The number of pyridine rings is 1. The van der Waals surface area contributed by atoms with E-state index in [0.717, 1.165) is 11.1 Å².